The van der Waals surface area contributed by atoms with Crippen molar-refractivity contribution < 1.29 is 26.9 Å². The number of esters is 1. The van der Waals surface area contributed by atoms with Gasteiger partial charge in [0, 0.05) is 11.6 Å². The zero-order chi connectivity index (χ0) is 16.2. The smallest absolute Gasteiger partial charge is 0.336 e. The van der Waals surface area contributed by atoms with Gasteiger partial charge in [-0.05, 0) is 44.0 Å². The van der Waals surface area contributed by atoms with Gasteiger partial charge in [0.2, 0.25) is 0 Å². The highest BCUT2D eigenvalue weighted by atomic mass is 35.5. The molecule has 0 amide bonds. The van der Waals surface area contributed by atoms with Crippen molar-refractivity contribution in [2.45, 2.75) is 36.9 Å². The number of hydrogen-bond acceptors (Lipinski definition) is 6. The zero-order valence-electron chi connectivity index (χ0n) is 12.0. The second kappa shape index (κ2) is 7.41. The number of rotatable bonds is 6. The van der Waals surface area contributed by atoms with E-state index in [2.05, 4.69) is 0 Å². The summed E-state index contributed by atoms with van der Waals surface area (Å²) in [5.41, 5.74) is 0. The summed E-state index contributed by atoms with van der Waals surface area (Å²) in [6.45, 7) is 2.08. The number of halogens is 1. The minimum absolute atomic E-state index is 0.0734. The molecule has 0 N–H and O–H groups in total. The van der Waals surface area contributed by atoms with Gasteiger partial charge in [-0.15, -0.1) is 0 Å². The van der Waals surface area contributed by atoms with E-state index in [-0.39, 0.29) is 17.6 Å². The standard InChI is InChI=1S/C14H17ClO6S/c1-10(14(16)20-9-12-3-2-8-19-12)21-22(17,18)13-6-4-11(15)5-7-13/h4-7,10,12H,2-3,8-9H2,1H3. The first-order valence-electron chi connectivity index (χ1n) is 6.85. The molecular formula is C14H17ClO6S. The van der Waals surface area contributed by atoms with E-state index >= 15 is 0 Å². The molecule has 1 heterocycles. The van der Waals surface area contributed by atoms with Crippen LogP contribution in [-0.4, -0.2) is 39.8 Å². The number of ether oxygens (including phenoxy) is 2. The Morgan fingerprint density at radius 1 is 1.41 bits per heavy atom. The summed E-state index contributed by atoms with van der Waals surface area (Å²) in [6, 6.07) is 5.47. The maximum Gasteiger partial charge on any atom is 0.336 e. The maximum atomic E-state index is 12.0. The Bertz CT molecular complexity index is 607. The van der Waals surface area contributed by atoms with Crippen LogP contribution >= 0.6 is 11.6 Å². The Balaban J connectivity index is 1.90. The van der Waals surface area contributed by atoms with E-state index in [0.29, 0.717) is 11.6 Å². The minimum atomic E-state index is -4.05. The lowest BCUT2D eigenvalue weighted by Crippen LogP contribution is -2.29. The summed E-state index contributed by atoms with van der Waals surface area (Å²) in [5.74, 6) is -0.743. The normalized spacial score (nSPS) is 19.8. The van der Waals surface area contributed by atoms with E-state index in [4.69, 9.17) is 25.3 Å². The maximum absolute atomic E-state index is 12.0. The van der Waals surface area contributed by atoms with E-state index in [1.807, 2.05) is 0 Å². The third-order valence-corrected chi connectivity index (χ3v) is 4.78. The van der Waals surface area contributed by atoms with Crippen molar-refractivity contribution in [2.75, 3.05) is 13.2 Å². The van der Waals surface area contributed by atoms with Crippen LogP contribution in [0.2, 0.25) is 5.02 Å². The molecular weight excluding hydrogens is 332 g/mol. The molecule has 0 bridgehead atoms. The van der Waals surface area contributed by atoms with E-state index in [9.17, 15) is 13.2 Å². The first-order chi connectivity index (χ1) is 10.4. The van der Waals surface area contributed by atoms with Crippen LogP contribution in [0.5, 0.6) is 0 Å². The lowest BCUT2D eigenvalue weighted by atomic mass is 10.2. The van der Waals surface area contributed by atoms with Crippen molar-refractivity contribution in [3.05, 3.63) is 29.3 Å². The highest BCUT2D eigenvalue weighted by Crippen LogP contribution is 2.18. The van der Waals surface area contributed by atoms with Crippen molar-refractivity contribution in [3.8, 4) is 0 Å². The molecule has 122 valence electrons. The Kier molecular flexibility index (Phi) is 5.80. The molecule has 1 aromatic rings. The summed E-state index contributed by atoms with van der Waals surface area (Å²) < 4.78 is 39.2. The van der Waals surface area contributed by atoms with E-state index in [0.717, 1.165) is 12.8 Å². The van der Waals surface area contributed by atoms with Crippen molar-refractivity contribution in [2.24, 2.45) is 0 Å². The van der Waals surface area contributed by atoms with Gasteiger partial charge in [-0.1, -0.05) is 11.6 Å². The summed E-state index contributed by atoms with van der Waals surface area (Å²) >= 11 is 5.70. The van der Waals surface area contributed by atoms with Crippen molar-refractivity contribution in [1.82, 2.24) is 0 Å². The molecule has 2 unspecified atom stereocenters. The first-order valence-corrected chi connectivity index (χ1v) is 8.64. The van der Waals surface area contributed by atoms with Gasteiger partial charge < -0.3 is 9.47 Å². The van der Waals surface area contributed by atoms with E-state index < -0.39 is 22.2 Å². The van der Waals surface area contributed by atoms with Crippen molar-refractivity contribution >= 4 is 27.7 Å². The molecule has 0 radical (unpaired) electrons. The van der Waals surface area contributed by atoms with Crippen molar-refractivity contribution in [1.29, 1.82) is 0 Å². The lowest BCUT2D eigenvalue weighted by Gasteiger charge is -2.14. The molecule has 0 spiro atoms. The Labute approximate surface area is 134 Å². The van der Waals surface area contributed by atoms with Crippen LogP contribution in [0.1, 0.15) is 19.8 Å². The van der Waals surface area contributed by atoms with Gasteiger partial charge in [-0.25, -0.2) is 4.79 Å². The topological polar surface area (TPSA) is 78.9 Å². The molecule has 2 atom stereocenters. The molecule has 8 heteroatoms. The second-order valence-electron chi connectivity index (χ2n) is 4.91. The predicted molar refractivity (Wildman–Crippen MR) is 79.1 cm³/mol. The Hall–Kier alpha value is -1.15. The SMILES string of the molecule is CC(OS(=O)(=O)c1ccc(Cl)cc1)C(=O)OCC1CCCO1. The molecule has 1 aliphatic heterocycles. The third-order valence-electron chi connectivity index (χ3n) is 3.14. The van der Waals surface area contributed by atoms with Crippen LogP contribution in [0.4, 0.5) is 0 Å². The molecule has 2 rings (SSSR count). The minimum Gasteiger partial charge on any atom is -0.461 e. The monoisotopic (exact) mass is 348 g/mol. The first kappa shape index (κ1) is 17.2. The quantitative estimate of drug-likeness (QED) is 0.579. The van der Waals surface area contributed by atoms with Crippen LogP contribution in [0.3, 0.4) is 0 Å². The number of carbonyl (C=O) groups excluding carboxylic acids is 1. The second-order valence-corrected chi connectivity index (χ2v) is 6.92. The fourth-order valence-corrected chi connectivity index (χ4v) is 3.12. The van der Waals surface area contributed by atoms with Crippen LogP contribution in [0.15, 0.2) is 29.2 Å². The fourth-order valence-electron chi connectivity index (χ4n) is 1.95. The molecule has 1 aromatic carbocycles. The van der Waals surface area contributed by atoms with Crippen molar-refractivity contribution in [3.63, 3.8) is 0 Å². The summed E-state index contributed by atoms with van der Waals surface area (Å²) in [6.07, 6.45) is 0.399. The van der Waals surface area contributed by atoms with Gasteiger partial charge in [0.05, 0.1) is 11.0 Å². The molecule has 0 aliphatic carbocycles. The molecule has 1 saturated heterocycles. The fraction of sp³-hybridized carbons (Fsp3) is 0.500. The molecule has 0 aromatic heterocycles. The van der Waals surface area contributed by atoms with Gasteiger partial charge in [0.1, 0.15) is 6.61 Å². The van der Waals surface area contributed by atoms with Crippen LogP contribution in [-0.2, 0) is 28.6 Å². The van der Waals surface area contributed by atoms with Gasteiger partial charge in [-0.2, -0.15) is 8.42 Å². The molecule has 1 fully saturated rings. The van der Waals surface area contributed by atoms with Gasteiger partial charge >= 0.3 is 5.97 Å². The molecule has 6 nitrogen and oxygen atoms in total. The highest BCUT2D eigenvalue weighted by Gasteiger charge is 2.26. The average molecular weight is 349 g/mol. The molecule has 0 saturated carbocycles. The largest absolute Gasteiger partial charge is 0.461 e. The Morgan fingerprint density at radius 3 is 2.68 bits per heavy atom. The highest BCUT2D eigenvalue weighted by molar-refractivity contribution is 7.86. The van der Waals surface area contributed by atoms with Crippen LogP contribution in [0.25, 0.3) is 0 Å². The number of hydrogen-bond donors (Lipinski definition) is 0. The van der Waals surface area contributed by atoms with Gasteiger partial charge in [0.25, 0.3) is 10.1 Å². The predicted octanol–water partition coefficient (Wildman–Crippen LogP) is 2.16. The Morgan fingerprint density at radius 2 is 2.09 bits per heavy atom. The third kappa shape index (κ3) is 4.67. The summed E-state index contributed by atoms with van der Waals surface area (Å²) in [7, 11) is -4.05. The summed E-state index contributed by atoms with van der Waals surface area (Å²) in [5, 5.41) is 0.406. The molecule has 22 heavy (non-hydrogen) atoms. The van der Waals surface area contributed by atoms with Crippen LogP contribution in [0, 0.1) is 0 Å². The zero-order valence-corrected chi connectivity index (χ0v) is 13.6. The van der Waals surface area contributed by atoms with E-state index in [1.165, 1.54) is 31.2 Å². The van der Waals surface area contributed by atoms with Gasteiger partial charge in [-0.3, -0.25) is 4.18 Å². The lowest BCUT2D eigenvalue weighted by molar-refractivity contribution is -0.154. The van der Waals surface area contributed by atoms with Gasteiger partial charge in [0.15, 0.2) is 6.10 Å². The molecule has 1 aliphatic rings. The van der Waals surface area contributed by atoms with Crippen LogP contribution < -0.4 is 0 Å². The average Bonchev–Trinajstić information content (AvgIpc) is 2.98. The number of carbonyl (C=O) groups is 1. The van der Waals surface area contributed by atoms with E-state index in [1.54, 1.807) is 0 Å². The summed E-state index contributed by atoms with van der Waals surface area (Å²) in [4.78, 5) is 11.7. The number of benzene rings is 1.